The van der Waals surface area contributed by atoms with Crippen molar-refractivity contribution in [1.29, 1.82) is 0 Å². The van der Waals surface area contributed by atoms with Crippen LogP contribution in [-0.2, 0) is 4.79 Å². The molecule has 0 spiro atoms. The van der Waals surface area contributed by atoms with E-state index in [2.05, 4.69) is 60.8 Å². The number of alkyl halides is 1. The predicted molar refractivity (Wildman–Crippen MR) is 107 cm³/mol. The van der Waals surface area contributed by atoms with Crippen molar-refractivity contribution >= 4 is 5.91 Å². The molecule has 0 saturated carbocycles. The Morgan fingerprint density at radius 1 is 0.800 bits per heavy atom. The lowest BCUT2D eigenvalue weighted by Crippen LogP contribution is -2.24. The summed E-state index contributed by atoms with van der Waals surface area (Å²) >= 11 is 0. The number of carbonyl (C=O) groups excluding carboxylic acids is 1. The Hall–Kier alpha value is -1.64. The number of unbranched alkanes of at least 4 members (excludes halogenated alkanes) is 4. The molecule has 0 saturated heterocycles. The van der Waals surface area contributed by atoms with E-state index in [0.717, 1.165) is 32.1 Å². The van der Waals surface area contributed by atoms with Gasteiger partial charge >= 0.3 is 0 Å². The van der Waals surface area contributed by atoms with Gasteiger partial charge in [-0.3, -0.25) is 4.79 Å². The zero-order chi connectivity index (χ0) is 18.4. The fraction of sp³-hybridized carbons (Fsp3) is 0.591. The van der Waals surface area contributed by atoms with E-state index in [-0.39, 0.29) is 12.5 Å². The molecule has 0 aliphatic rings. The first-order valence-corrected chi connectivity index (χ1v) is 9.73. The molecule has 0 unspecified atom stereocenters. The molecule has 0 atom stereocenters. The van der Waals surface area contributed by atoms with Crippen molar-refractivity contribution in [2.45, 2.75) is 71.1 Å². The SMILES string of the molecule is CCCCCC=CCC=CCC=CCC=CCCCC(=O)NCCF. The van der Waals surface area contributed by atoms with Crippen LogP contribution < -0.4 is 5.32 Å². The quantitative estimate of drug-likeness (QED) is 0.260. The van der Waals surface area contributed by atoms with Gasteiger partial charge in [-0.15, -0.1) is 0 Å². The third kappa shape index (κ3) is 20.3. The molecule has 0 radical (unpaired) electrons. The van der Waals surface area contributed by atoms with E-state index in [1.165, 1.54) is 25.7 Å². The lowest BCUT2D eigenvalue weighted by molar-refractivity contribution is -0.121. The summed E-state index contributed by atoms with van der Waals surface area (Å²) in [5, 5.41) is 2.53. The van der Waals surface area contributed by atoms with Gasteiger partial charge in [0.1, 0.15) is 6.67 Å². The van der Waals surface area contributed by atoms with Crippen molar-refractivity contribution in [3.05, 3.63) is 48.6 Å². The van der Waals surface area contributed by atoms with Gasteiger partial charge in [0.15, 0.2) is 0 Å². The van der Waals surface area contributed by atoms with Crippen LogP contribution in [0.4, 0.5) is 4.39 Å². The van der Waals surface area contributed by atoms with Gasteiger partial charge < -0.3 is 5.32 Å². The summed E-state index contributed by atoms with van der Waals surface area (Å²) in [7, 11) is 0. The highest BCUT2D eigenvalue weighted by molar-refractivity contribution is 5.75. The van der Waals surface area contributed by atoms with Gasteiger partial charge in [0, 0.05) is 13.0 Å². The van der Waals surface area contributed by atoms with Crippen molar-refractivity contribution in [3.63, 3.8) is 0 Å². The predicted octanol–water partition coefficient (Wildman–Crippen LogP) is 6.22. The molecule has 1 amide bonds. The molecule has 1 N–H and O–H groups in total. The number of halogens is 1. The minimum atomic E-state index is -0.497. The topological polar surface area (TPSA) is 29.1 Å². The summed E-state index contributed by atoms with van der Waals surface area (Å²) in [6.45, 7) is 1.86. The molecule has 142 valence electrons. The van der Waals surface area contributed by atoms with Crippen LogP contribution in [0.2, 0.25) is 0 Å². The number of allylic oxidation sites excluding steroid dienone is 8. The van der Waals surface area contributed by atoms with Crippen LogP contribution in [0.5, 0.6) is 0 Å². The number of carbonyl (C=O) groups is 1. The van der Waals surface area contributed by atoms with Gasteiger partial charge in [0.25, 0.3) is 0 Å². The third-order valence-corrected chi connectivity index (χ3v) is 3.65. The van der Waals surface area contributed by atoms with Crippen LogP contribution in [0.25, 0.3) is 0 Å². The van der Waals surface area contributed by atoms with E-state index in [1.807, 2.05) is 0 Å². The second-order valence-corrected chi connectivity index (χ2v) is 6.02. The lowest BCUT2D eigenvalue weighted by atomic mass is 10.2. The molecule has 2 nitrogen and oxygen atoms in total. The van der Waals surface area contributed by atoms with Gasteiger partial charge in [-0.05, 0) is 44.9 Å². The Labute approximate surface area is 154 Å². The van der Waals surface area contributed by atoms with Crippen LogP contribution in [0.3, 0.4) is 0 Å². The maximum absolute atomic E-state index is 11.9. The summed E-state index contributed by atoms with van der Waals surface area (Å²) in [5.41, 5.74) is 0. The molecule has 0 fully saturated rings. The fourth-order valence-electron chi connectivity index (χ4n) is 2.22. The van der Waals surface area contributed by atoms with E-state index in [1.54, 1.807) is 0 Å². The fourth-order valence-corrected chi connectivity index (χ4v) is 2.22. The minimum Gasteiger partial charge on any atom is -0.353 e. The molecular formula is C22H36FNO. The zero-order valence-corrected chi connectivity index (χ0v) is 15.9. The molecule has 3 heteroatoms. The first-order valence-electron chi connectivity index (χ1n) is 9.73. The molecule has 0 aliphatic heterocycles. The zero-order valence-electron chi connectivity index (χ0n) is 15.9. The highest BCUT2D eigenvalue weighted by atomic mass is 19.1. The van der Waals surface area contributed by atoms with E-state index < -0.39 is 6.67 Å². The largest absolute Gasteiger partial charge is 0.353 e. The van der Waals surface area contributed by atoms with E-state index in [0.29, 0.717) is 6.42 Å². The molecule has 0 aromatic heterocycles. The average molecular weight is 350 g/mol. The van der Waals surface area contributed by atoms with E-state index >= 15 is 0 Å². The normalized spacial score (nSPS) is 12.2. The van der Waals surface area contributed by atoms with E-state index in [4.69, 9.17) is 0 Å². The van der Waals surface area contributed by atoms with Crippen molar-refractivity contribution in [2.75, 3.05) is 13.2 Å². The number of rotatable bonds is 16. The number of hydrogen-bond donors (Lipinski definition) is 1. The van der Waals surface area contributed by atoms with Crippen molar-refractivity contribution in [3.8, 4) is 0 Å². The molecule has 0 rings (SSSR count). The van der Waals surface area contributed by atoms with Gasteiger partial charge in [0.05, 0.1) is 0 Å². The van der Waals surface area contributed by atoms with Gasteiger partial charge in [-0.2, -0.15) is 0 Å². The van der Waals surface area contributed by atoms with Crippen LogP contribution in [0.1, 0.15) is 71.1 Å². The van der Waals surface area contributed by atoms with Crippen molar-refractivity contribution in [1.82, 2.24) is 5.32 Å². The summed E-state index contributed by atoms with van der Waals surface area (Å²) < 4.78 is 11.9. The maximum Gasteiger partial charge on any atom is 0.220 e. The van der Waals surface area contributed by atoms with Crippen LogP contribution in [0.15, 0.2) is 48.6 Å². The molecule has 0 aliphatic carbocycles. The monoisotopic (exact) mass is 349 g/mol. The second kappa shape index (κ2) is 20.4. The Balaban J connectivity index is 3.44. The molecule has 0 heterocycles. The molecular weight excluding hydrogens is 313 g/mol. The Kier molecular flexibility index (Phi) is 19.1. The molecule has 0 aromatic rings. The van der Waals surface area contributed by atoms with Crippen LogP contribution >= 0.6 is 0 Å². The number of hydrogen-bond acceptors (Lipinski definition) is 1. The van der Waals surface area contributed by atoms with E-state index in [9.17, 15) is 9.18 Å². The Bertz CT molecular complexity index is 410. The summed E-state index contributed by atoms with van der Waals surface area (Å²) in [4.78, 5) is 11.2. The average Bonchev–Trinajstić information content (AvgIpc) is 2.62. The third-order valence-electron chi connectivity index (χ3n) is 3.65. The summed E-state index contributed by atoms with van der Waals surface area (Å²) in [5.74, 6) is -0.0615. The smallest absolute Gasteiger partial charge is 0.220 e. The number of amides is 1. The lowest BCUT2D eigenvalue weighted by Gasteiger charge is -2.00. The Morgan fingerprint density at radius 2 is 1.32 bits per heavy atom. The first-order chi connectivity index (χ1) is 12.3. The van der Waals surface area contributed by atoms with Crippen molar-refractivity contribution in [2.24, 2.45) is 0 Å². The molecule has 0 aromatic carbocycles. The van der Waals surface area contributed by atoms with Gasteiger partial charge in [-0.25, -0.2) is 4.39 Å². The minimum absolute atomic E-state index is 0.0615. The second-order valence-electron chi connectivity index (χ2n) is 6.02. The summed E-state index contributed by atoms with van der Waals surface area (Å²) in [6, 6.07) is 0. The van der Waals surface area contributed by atoms with Crippen molar-refractivity contribution < 1.29 is 9.18 Å². The van der Waals surface area contributed by atoms with Gasteiger partial charge in [-0.1, -0.05) is 68.4 Å². The van der Waals surface area contributed by atoms with Crippen LogP contribution in [0, 0.1) is 0 Å². The molecule has 25 heavy (non-hydrogen) atoms. The standard InChI is InChI=1S/C22H36FNO/c1-2-3-4-5-6-7-8-9-10-11-12-13-14-15-16-17-18-19-22(25)24-21-20-23/h6-7,9-10,12-13,15-16H,2-5,8,11,14,17-21H2,1H3,(H,24,25). The van der Waals surface area contributed by atoms with Crippen LogP contribution in [-0.4, -0.2) is 19.1 Å². The Morgan fingerprint density at radius 3 is 1.84 bits per heavy atom. The van der Waals surface area contributed by atoms with Gasteiger partial charge in [0.2, 0.25) is 5.91 Å². The first kappa shape index (κ1) is 23.4. The summed E-state index contributed by atoms with van der Waals surface area (Å²) in [6.07, 6.45) is 27.7. The maximum atomic E-state index is 11.9. The molecule has 0 bridgehead atoms. The highest BCUT2D eigenvalue weighted by Crippen LogP contribution is 2.01. The highest BCUT2D eigenvalue weighted by Gasteiger charge is 1.97. The number of nitrogens with one attached hydrogen (secondary N) is 1.